The van der Waals surface area contributed by atoms with E-state index in [1.165, 1.54) is 0 Å². The standard InChI is InChI=1S/C19H19BrCl3N5O/c1-10(7-28-12(3)17(20)11(2)25-28)19(29)24-18-16(23)9-27(26-18)8-13-4-5-14(21)15(22)6-13/h4-6,9-10H,7-8H2,1-3H3,(H,24,26,29). The summed E-state index contributed by atoms with van der Waals surface area (Å²) in [5.74, 6) is -0.190. The van der Waals surface area contributed by atoms with Crippen LogP contribution in [0.4, 0.5) is 5.82 Å². The van der Waals surface area contributed by atoms with Crippen molar-refractivity contribution in [3.05, 3.63) is 60.9 Å². The number of carbonyl (C=O) groups excluding carboxylic acids is 1. The molecule has 0 radical (unpaired) electrons. The van der Waals surface area contributed by atoms with Gasteiger partial charge >= 0.3 is 0 Å². The van der Waals surface area contributed by atoms with Gasteiger partial charge in [0.2, 0.25) is 5.91 Å². The molecule has 0 spiro atoms. The van der Waals surface area contributed by atoms with Crippen LogP contribution < -0.4 is 5.32 Å². The second kappa shape index (κ2) is 9.08. The zero-order valence-corrected chi connectivity index (χ0v) is 19.9. The smallest absolute Gasteiger partial charge is 0.230 e. The molecular weight excluding hydrogens is 501 g/mol. The molecule has 154 valence electrons. The van der Waals surface area contributed by atoms with Crippen molar-refractivity contribution in [2.45, 2.75) is 33.9 Å². The summed E-state index contributed by atoms with van der Waals surface area (Å²) in [7, 11) is 0. The van der Waals surface area contributed by atoms with Gasteiger partial charge < -0.3 is 5.32 Å². The lowest BCUT2D eigenvalue weighted by molar-refractivity contribution is -0.119. The van der Waals surface area contributed by atoms with E-state index in [1.54, 1.807) is 23.0 Å². The van der Waals surface area contributed by atoms with Crippen molar-refractivity contribution in [1.82, 2.24) is 19.6 Å². The van der Waals surface area contributed by atoms with Crippen molar-refractivity contribution in [2.75, 3.05) is 5.32 Å². The highest BCUT2D eigenvalue weighted by Crippen LogP contribution is 2.25. The molecule has 3 aromatic rings. The number of nitrogens with one attached hydrogen (secondary N) is 1. The van der Waals surface area contributed by atoms with Gasteiger partial charge in [0.25, 0.3) is 0 Å². The third kappa shape index (κ3) is 5.15. The highest BCUT2D eigenvalue weighted by atomic mass is 79.9. The monoisotopic (exact) mass is 517 g/mol. The Balaban J connectivity index is 1.67. The predicted octanol–water partition coefficient (Wildman–Crippen LogP) is 5.74. The van der Waals surface area contributed by atoms with Gasteiger partial charge in [0.15, 0.2) is 5.82 Å². The Bertz CT molecular complexity index is 1060. The lowest BCUT2D eigenvalue weighted by Gasteiger charge is -2.12. The van der Waals surface area contributed by atoms with Gasteiger partial charge in [-0.05, 0) is 47.5 Å². The number of nitrogens with zero attached hydrogens (tertiary/aromatic N) is 4. The Morgan fingerprint density at radius 1 is 1.17 bits per heavy atom. The second-order valence-corrected chi connectivity index (χ2v) is 8.84. The number of benzene rings is 1. The maximum Gasteiger partial charge on any atom is 0.230 e. The average molecular weight is 520 g/mol. The van der Waals surface area contributed by atoms with Crippen molar-refractivity contribution in [3.8, 4) is 0 Å². The molecule has 1 N–H and O–H groups in total. The molecule has 2 aromatic heterocycles. The van der Waals surface area contributed by atoms with Gasteiger partial charge in [0, 0.05) is 11.9 Å². The van der Waals surface area contributed by atoms with Gasteiger partial charge in [-0.3, -0.25) is 14.2 Å². The fraction of sp³-hybridized carbons (Fsp3) is 0.316. The van der Waals surface area contributed by atoms with E-state index in [2.05, 4.69) is 31.4 Å². The van der Waals surface area contributed by atoms with Gasteiger partial charge in [0.1, 0.15) is 5.02 Å². The average Bonchev–Trinajstić information content (AvgIpc) is 3.12. The largest absolute Gasteiger partial charge is 0.308 e. The van der Waals surface area contributed by atoms with Crippen molar-refractivity contribution in [1.29, 1.82) is 0 Å². The Kier molecular flexibility index (Phi) is 6.94. The van der Waals surface area contributed by atoms with E-state index >= 15 is 0 Å². The van der Waals surface area contributed by atoms with Crippen molar-refractivity contribution in [2.24, 2.45) is 5.92 Å². The minimum atomic E-state index is -0.323. The molecule has 1 atom stereocenters. The SMILES string of the molecule is Cc1nn(CC(C)C(=O)Nc2nn(Cc3ccc(Cl)c(Cl)c3)cc2Cl)c(C)c1Br. The van der Waals surface area contributed by atoms with Crippen LogP contribution >= 0.6 is 50.7 Å². The Morgan fingerprint density at radius 2 is 1.90 bits per heavy atom. The van der Waals surface area contributed by atoms with E-state index in [0.717, 1.165) is 21.4 Å². The summed E-state index contributed by atoms with van der Waals surface area (Å²) in [4.78, 5) is 12.6. The number of aromatic nitrogens is 4. The summed E-state index contributed by atoms with van der Waals surface area (Å²) in [5.41, 5.74) is 2.78. The maximum atomic E-state index is 12.6. The number of amides is 1. The van der Waals surface area contributed by atoms with E-state index in [9.17, 15) is 4.79 Å². The minimum Gasteiger partial charge on any atom is -0.308 e. The number of aryl methyl sites for hydroxylation is 1. The first kappa shape index (κ1) is 22.2. The van der Waals surface area contributed by atoms with Crippen molar-refractivity contribution >= 4 is 62.5 Å². The molecule has 0 saturated carbocycles. The Labute approximate surface area is 192 Å². The number of carbonyl (C=O) groups is 1. The van der Waals surface area contributed by atoms with Crippen molar-refractivity contribution in [3.63, 3.8) is 0 Å². The van der Waals surface area contributed by atoms with Gasteiger partial charge in [-0.1, -0.05) is 47.8 Å². The number of hydrogen-bond donors (Lipinski definition) is 1. The molecule has 1 aromatic carbocycles. The van der Waals surface area contributed by atoms with Crippen LogP contribution in [0.5, 0.6) is 0 Å². The fourth-order valence-corrected chi connectivity index (χ4v) is 3.63. The van der Waals surface area contributed by atoms with Crippen LogP contribution in [0.2, 0.25) is 15.1 Å². The highest BCUT2D eigenvalue weighted by molar-refractivity contribution is 9.10. The van der Waals surface area contributed by atoms with Crippen LogP contribution in [0, 0.1) is 19.8 Å². The minimum absolute atomic E-state index is 0.185. The highest BCUT2D eigenvalue weighted by Gasteiger charge is 2.19. The molecule has 0 aliphatic heterocycles. The first-order chi connectivity index (χ1) is 13.7. The van der Waals surface area contributed by atoms with Gasteiger partial charge in [0.05, 0.1) is 39.2 Å². The third-order valence-electron chi connectivity index (χ3n) is 4.47. The summed E-state index contributed by atoms with van der Waals surface area (Å²) in [6.07, 6.45) is 1.66. The molecule has 29 heavy (non-hydrogen) atoms. The quantitative estimate of drug-likeness (QED) is 0.452. The summed E-state index contributed by atoms with van der Waals surface area (Å²) < 4.78 is 4.41. The number of hydrogen-bond acceptors (Lipinski definition) is 3. The van der Waals surface area contributed by atoms with Gasteiger partial charge in [-0.2, -0.15) is 10.2 Å². The van der Waals surface area contributed by atoms with Crippen LogP contribution in [-0.2, 0) is 17.9 Å². The van der Waals surface area contributed by atoms with Crippen LogP contribution in [0.1, 0.15) is 23.9 Å². The summed E-state index contributed by atoms with van der Waals surface area (Å²) >= 11 is 21.8. The normalized spacial score (nSPS) is 12.2. The Hall–Kier alpha value is -1.54. The molecule has 6 nitrogen and oxygen atoms in total. The molecule has 0 saturated heterocycles. The van der Waals surface area contributed by atoms with E-state index in [0.29, 0.717) is 34.0 Å². The lowest BCUT2D eigenvalue weighted by Crippen LogP contribution is -2.25. The molecule has 0 bridgehead atoms. The summed E-state index contributed by atoms with van der Waals surface area (Å²) in [6, 6.07) is 5.36. The molecule has 3 rings (SSSR count). The predicted molar refractivity (Wildman–Crippen MR) is 120 cm³/mol. The molecule has 10 heteroatoms. The molecule has 0 fully saturated rings. The summed E-state index contributed by atoms with van der Waals surface area (Å²) in [5, 5.41) is 12.9. The maximum absolute atomic E-state index is 12.6. The third-order valence-corrected chi connectivity index (χ3v) is 6.64. The second-order valence-electron chi connectivity index (χ2n) is 6.83. The number of anilines is 1. The molecule has 1 amide bonds. The topological polar surface area (TPSA) is 64.7 Å². The Morgan fingerprint density at radius 3 is 2.52 bits per heavy atom. The van der Waals surface area contributed by atoms with Gasteiger partial charge in [-0.25, -0.2) is 0 Å². The lowest BCUT2D eigenvalue weighted by atomic mass is 10.1. The van der Waals surface area contributed by atoms with Crippen LogP contribution in [-0.4, -0.2) is 25.5 Å². The summed E-state index contributed by atoms with van der Waals surface area (Å²) in [6.45, 7) is 6.60. The molecule has 1 unspecified atom stereocenters. The first-order valence-corrected chi connectivity index (χ1v) is 10.8. The zero-order chi connectivity index (χ0) is 21.3. The number of rotatable bonds is 6. The van der Waals surface area contributed by atoms with E-state index < -0.39 is 0 Å². The fourth-order valence-electron chi connectivity index (χ4n) is 2.82. The van der Waals surface area contributed by atoms with Gasteiger partial charge in [-0.15, -0.1) is 0 Å². The molecule has 0 aliphatic carbocycles. The van der Waals surface area contributed by atoms with Crippen molar-refractivity contribution < 1.29 is 4.79 Å². The van der Waals surface area contributed by atoms with Crippen LogP contribution in [0.15, 0.2) is 28.9 Å². The zero-order valence-electron chi connectivity index (χ0n) is 16.0. The first-order valence-electron chi connectivity index (χ1n) is 8.83. The molecular formula is C19H19BrCl3N5O. The van der Waals surface area contributed by atoms with Crippen LogP contribution in [0.25, 0.3) is 0 Å². The van der Waals surface area contributed by atoms with E-state index in [-0.39, 0.29) is 11.8 Å². The molecule has 2 heterocycles. The van der Waals surface area contributed by atoms with E-state index in [1.807, 2.05) is 31.5 Å². The molecule has 0 aliphatic rings. The number of halogens is 4. The van der Waals surface area contributed by atoms with E-state index in [4.69, 9.17) is 34.8 Å². The van der Waals surface area contributed by atoms with Crippen LogP contribution in [0.3, 0.4) is 0 Å².